The normalized spacial score (nSPS) is 15.0. The third-order valence-electron chi connectivity index (χ3n) is 3.89. The predicted molar refractivity (Wildman–Crippen MR) is 115 cm³/mol. The minimum atomic E-state index is -0.158. The van der Waals surface area contributed by atoms with Crippen LogP contribution in [0.15, 0.2) is 12.0 Å². The van der Waals surface area contributed by atoms with Gasteiger partial charge in [0.2, 0.25) is 0 Å². The molecular weight excluding hydrogens is 316 g/mol. The van der Waals surface area contributed by atoms with Gasteiger partial charge in [-0.2, -0.15) is 0 Å². The maximum absolute atomic E-state index is 3.59. The van der Waals surface area contributed by atoms with E-state index in [1.165, 1.54) is 6.16 Å². The summed E-state index contributed by atoms with van der Waals surface area (Å²) >= 11 is 0. The van der Waals surface area contributed by atoms with E-state index in [2.05, 4.69) is 100 Å². The van der Waals surface area contributed by atoms with Gasteiger partial charge in [-0.3, -0.25) is 0 Å². The molecule has 0 aromatic carbocycles. The lowest BCUT2D eigenvalue weighted by atomic mass is 10.2. The Kier molecular flexibility index (Phi) is 8.33. The van der Waals surface area contributed by atoms with Crippen molar-refractivity contribution in [1.82, 2.24) is 5.32 Å². The minimum Gasteiger partial charge on any atom is -0.391 e. The summed E-state index contributed by atoms with van der Waals surface area (Å²) in [6.07, 6.45) is 3.52. The highest BCUT2D eigenvalue weighted by Gasteiger charge is 2.34. The third kappa shape index (κ3) is 8.88. The molecule has 0 atom stereocenters. The van der Waals surface area contributed by atoms with Crippen molar-refractivity contribution in [2.75, 3.05) is 12.7 Å². The predicted octanol–water partition coefficient (Wildman–Crippen LogP) is 7.21. The van der Waals surface area contributed by atoms with E-state index in [1.54, 1.807) is 0 Å². The van der Waals surface area contributed by atoms with E-state index in [-0.39, 0.29) is 15.8 Å². The SMILES string of the molecule is CC(C)(C)P(/C=C\NCCP(C(C)(C)C)C(C)(C)C)C(C)(C)C. The van der Waals surface area contributed by atoms with Crippen LogP contribution in [0.3, 0.4) is 0 Å². The first-order valence-corrected chi connectivity index (χ1v) is 11.9. The van der Waals surface area contributed by atoms with Gasteiger partial charge >= 0.3 is 0 Å². The van der Waals surface area contributed by atoms with Crippen molar-refractivity contribution in [3.63, 3.8) is 0 Å². The quantitative estimate of drug-likeness (QED) is 0.404. The highest BCUT2D eigenvalue weighted by molar-refractivity contribution is 7.64. The van der Waals surface area contributed by atoms with E-state index in [1.807, 2.05) is 0 Å². The van der Waals surface area contributed by atoms with Crippen LogP contribution in [0, 0.1) is 0 Å². The van der Waals surface area contributed by atoms with Crippen molar-refractivity contribution in [2.45, 2.75) is 104 Å². The van der Waals surface area contributed by atoms with Crippen LogP contribution < -0.4 is 5.32 Å². The molecule has 0 bridgehead atoms. The molecule has 0 radical (unpaired) electrons. The molecule has 0 unspecified atom stereocenters. The Hall–Kier alpha value is 0.400. The van der Waals surface area contributed by atoms with Crippen molar-refractivity contribution in [3.05, 3.63) is 12.0 Å². The fourth-order valence-electron chi connectivity index (χ4n) is 3.52. The Bertz CT molecular complexity index is 344. The molecule has 0 heterocycles. The fraction of sp³-hybridized carbons (Fsp3) is 0.900. The minimum absolute atomic E-state index is 0.0109. The van der Waals surface area contributed by atoms with Gasteiger partial charge in [0, 0.05) is 6.54 Å². The van der Waals surface area contributed by atoms with E-state index in [4.69, 9.17) is 0 Å². The van der Waals surface area contributed by atoms with Crippen LogP contribution in [0.2, 0.25) is 0 Å². The van der Waals surface area contributed by atoms with Crippen molar-refractivity contribution in [3.8, 4) is 0 Å². The van der Waals surface area contributed by atoms with Crippen molar-refractivity contribution < 1.29 is 0 Å². The van der Waals surface area contributed by atoms with Crippen molar-refractivity contribution in [2.24, 2.45) is 0 Å². The lowest BCUT2D eigenvalue weighted by Crippen LogP contribution is -2.29. The average molecular weight is 360 g/mol. The fourth-order valence-corrected chi connectivity index (χ4v) is 10.4. The molecule has 3 heteroatoms. The topological polar surface area (TPSA) is 12.0 Å². The first-order chi connectivity index (χ1) is 9.97. The molecule has 0 saturated heterocycles. The monoisotopic (exact) mass is 359 g/mol. The molecule has 0 aliphatic carbocycles. The molecule has 0 spiro atoms. The van der Waals surface area contributed by atoms with Crippen LogP contribution in [-0.2, 0) is 0 Å². The van der Waals surface area contributed by atoms with Crippen LogP contribution >= 0.6 is 15.8 Å². The second-order valence-electron chi connectivity index (χ2n) is 10.5. The summed E-state index contributed by atoms with van der Waals surface area (Å²) in [6.45, 7) is 29.7. The van der Waals surface area contributed by atoms with Gasteiger partial charge in [-0.1, -0.05) is 98.9 Å². The molecule has 0 fully saturated rings. The standard InChI is InChI=1S/C20H43NP2/c1-17(2,3)22(18(4,5)6)15-13-21-14-16-23(19(7,8)9)20(10,11)12/h13,15,21H,14,16H2,1-12H3/b15-13-. The highest BCUT2D eigenvalue weighted by Crippen LogP contribution is 2.60. The van der Waals surface area contributed by atoms with Crippen LogP contribution in [0.1, 0.15) is 83.1 Å². The second kappa shape index (κ2) is 8.19. The third-order valence-corrected chi connectivity index (χ3v) is 11.1. The molecule has 0 aromatic heterocycles. The Morgan fingerprint density at radius 3 is 1.35 bits per heavy atom. The maximum Gasteiger partial charge on any atom is 0.0181 e. The molecule has 23 heavy (non-hydrogen) atoms. The molecule has 0 amide bonds. The highest BCUT2D eigenvalue weighted by atomic mass is 31.1. The smallest absolute Gasteiger partial charge is 0.0181 e. The van der Waals surface area contributed by atoms with Gasteiger partial charge in [0.25, 0.3) is 0 Å². The summed E-state index contributed by atoms with van der Waals surface area (Å²) in [5.74, 6) is 2.45. The Labute approximate surface area is 150 Å². The zero-order chi connectivity index (χ0) is 18.7. The van der Waals surface area contributed by atoms with E-state index in [0.717, 1.165) is 6.54 Å². The lowest BCUT2D eigenvalue weighted by Gasteiger charge is -2.41. The lowest BCUT2D eigenvalue weighted by molar-refractivity contribution is 0.699. The zero-order valence-electron chi connectivity index (χ0n) is 18.0. The average Bonchev–Trinajstić information content (AvgIpc) is 2.19. The molecule has 1 N–H and O–H groups in total. The molecule has 138 valence electrons. The molecule has 1 nitrogen and oxygen atoms in total. The van der Waals surface area contributed by atoms with Gasteiger partial charge in [0.05, 0.1) is 0 Å². The van der Waals surface area contributed by atoms with Crippen molar-refractivity contribution in [1.29, 1.82) is 0 Å². The van der Waals surface area contributed by atoms with Crippen LogP contribution in [0.5, 0.6) is 0 Å². The van der Waals surface area contributed by atoms with Gasteiger partial charge in [-0.15, -0.1) is 0 Å². The maximum atomic E-state index is 3.59. The Morgan fingerprint density at radius 2 is 1.04 bits per heavy atom. The summed E-state index contributed by atoms with van der Waals surface area (Å²) in [5.41, 5.74) is 0. The van der Waals surface area contributed by atoms with E-state index >= 15 is 0 Å². The van der Waals surface area contributed by atoms with E-state index in [0.29, 0.717) is 20.6 Å². The summed E-state index contributed by atoms with van der Waals surface area (Å²) in [4.78, 5) is 0. The summed E-state index contributed by atoms with van der Waals surface area (Å²) in [5, 5.41) is 5.14. The van der Waals surface area contributed by atoms with E-state index in [9.17, 15) is 0 Å². The summed E-state index contributed by atoms with van der Waals surface area (Å²) in [7, 11) is -0.169. The van der Waals surface area contributed by atoms with E-state index < -0.39 is 0 Å². The Balaban J connectivity index is 4.70. The Morgan fingerprint density at radius 1 is 0.652 bits per heavy atom. The van der Waals surface area contributed by atoms with Crippen LogP contribution in [0.4, 0.5) is 0 Å². The largest absolute Gasteiger partial charge is 0.391 e. The van der Waals surface area contributed by atoms with Gasteiger partial charge in [0.1, 0.15) is 0 Å². The molecule has 0 aliphatic heterocycles. The molecule has 0 aliphatic rings. The number of hydrogen-bond donors (Lipinski definition) is 1. The van der Waals surface area contributed by atoms with Crippen LogP contribution in [0.25, 0.3) is 0 Å². The number of hydrogen-bond acceptors (Lipinski definition) is 1. The summed E-state index contributed by atoms with van der Waals surface area (Å²) in [6, 6.07) is 0. The molecule has 0 rings (SSSR count). The first-order valence-electron chi connectivity index (χ1n) is 8.94. The molecule has 0 aromatic rings. The summed E-state index contributed by atoms with van der Waals surface area (Å²) < 4.78 is 0. The van der Waals surface area contributed by atoms with Gasteiger partial charge < -0.3 is 5.32 Å². The molecule has 0 saturated carbocycles. The van der Waals surface area contributed by atoms with Gasteiger partial charge in [-0.25, -0.2) is 0 Å². The number of rotatable bonds is 5. The molecular formula is C20H43NP2. The van der Waals surface area contributed by atoms with Gasteiger partial charge in [-0.05, 0) is 38.8 Å². The second-order valence-corrected chi connectivity index (χ2v) is 18.2. The van der Waals surface area contributed by atoms with Gasteiger partial charge in [0.15, 0.2) is 0 Å². The number of nitrogens with one attached hydrogen (secondary N) is 1. The first kappa shape index (κ1) is 23.4. The van der Waals surface area contributed by atoms with Crippen LogP contribution in [-0.4, -0.2) is 33.3 Å². The van der Waals surface area contributed by atoms with Crippen molar-refractivity contribution >= 4 is 15.8 Å². The zero-order valence-corrected chi connectivity index (χ0v) is 19.8.